The van der Waals surface area contributed by atoms with Crippen molar-refractivity contribution < 1.29 is 0 Å². The number of nitrogens with zero attached hydrogens (tertiary/aromatic N) is 4. The number of fused-ring (bicyclic) bond motifs is 1. The van der Waals surface area contributed by atoms with Gasteiger partial charge in [0.15, 0.2) is 11.5 Å². The predicted octanol–water partition coefficient (Wildman–Crippen LogP) is 3.48. The van der Waals surface area contributed by atoms with E-state index in [1.54, 1.807) is 6.20 Å². The lowest BCUT2D eigenvalue weighted by Crippen LogP contribution is -1.98. The van der Waals surface area contributed by atoms with Crippen LogP contribution >= 0.6 is 0 Å². The van der Waals surface area contributed by atoms with Gasteiger partial charge in [-0.05, 0) is 12.1 Å². The fraction of sp³-hybridized carbons (Fsp3) is 0. The molecule has 0 bridgehead atoms. The maximum Gasteiger partial charge on any atom is 0.166 e. The molecule has 2 heterocycles. The van der Waals surface area contributed by atoms with Crippen LogP contribution in [0.3, 0.4) is 0 Å². The van der Waals surface area contributed by atoms with Gasteiger partial charge in [0.1, 0.15) is 0 Å². The van der Waals surface area contributed by atoms with Crippen LogP contribution in [0.15, 0.2) is 73.1 Å². The number of para-hydroxylation sites is 1. The molecule has 21 heavy (non-hydrogen) atoms. The second-order valence-electron chi connectivity index (χ2n) is 4.73. The minimum absolute atomic E-state index is 0.709. The zero-order valence-corrected chi connectivity index (χ0v) is 11.2. The van der Waals surface area contributed by atoms with Crippen LogP contribution in [0.2, 0.25) is 0 Å². The Bertz CT molecular complexity index is 882. The summed E-state index contributed by atoms with van der Waals surface area (Å²) in [5.41, 5.74) is 2.81. The lowest BCUT2D eigenvalue weighted by Gasteiger charge is -2.04. The summed E-state index contributed by atoms with van der Waals surface area (Å²) in [6.07, 6.45) is 3.61. The Labute approximate surface area is 121 Å². The average molecular weight is 272 g/mol. The van der Waals surface area contributed by atoms with Crippen molar-refractivity contribution in [1.82, 2.24) is 19.7 Å². The largest absolute Gasteiger partial charge is 0.236 e. The molecule has 4 rings (SSSR count). The van der Waals surface area contributed by atoms with Crippen molar-refractivity contribution in [3.8, 4) is 17.1 Å². The van der Waals surface area contributed by atoms with E-state index in [2.05, 4.69) is 15.1 Å². The van der Waals surface area contributed by atoms with E-state index < -0.39 is 0 Å². The average Bonchev–Trinajstić information content (AvgIpc) is 2.99. The fourth-order valence-corrected chi connectivity index (χ4v) is 2.30. The van der Waals surface area contributed by atoms with E-state index in [1.165, 1.54) is 0 Å². The maximum atomic E-state index is 4.67. The molecule has 0 N–H and O–H groups in total. The molecule has 0 atom stereocenters. The summed E-state index contributed by atoms with van der Waals surface area (Å²) in [4.78, 5) is 9.09. The highest BCUT2D eigenvalue weighted by atomic mass is 15.3. The zero-order chi connectivity index (χ0) is 14.1. The van der Waals surface area contributed by atoms with Crippen molar-refractivity contribution in [3.05, 3.63) is 73.1 Å². The zero-order valence-electron chi connectivity index (χ0n) is 11.2. The molecule has 0 fully saturated rings. The van der Waals surface area contributed by atoms with Gasteiger partial charge in [-0.2, -0.15) is 5.10 Å². The van der Waals surface area contributed by atoms with Gasteiger partial charge in [-0.3, -0.25) is 0 Å². The number of hydrogen-bond acceptors (Lipinski definition) is 3. The number of benzene rings is 2. The molecule has 4 aromatic rings. The van der Waals surface area contributed by atoms with Gasteiger partial charge in [0.2, 0.25) is 0 Å². The Hall–Kier alpha value is -3.01. The Morgan fingerprint density at radius 1 is 0.762 bits per heavy atom. The van der Waals surface area contributed by atoms with Crippen LogP contribution in [0, 0.1) is 0 Å². The molecule has 0 unspecified atom stereocenters. The summed E-state index contributed by atoms with van der Waals surface area (Å²) >= 11 is 0. The predicted molar refractivity (Wildman–Crippen MR) is 82.1 cm³/mol. The van der Waals surface area contributed by atoms with Crippen LogP contribution in [0.1, 0.15) is 0 Å². The Kier molecular flexibility index (Phi) is 2.71. The van der Waals surface area contributed by atoms with E-state index in [0.29, 0.717) is 5.82 Å². The minimum Gasteiger partial charge on any atom is -0.236 e. The second kappa shape index (κ2) is 4.83. The first kappa shape index (κ1) is 11.8. The maximum absolute atomic E-state index is 4.67. The van der Waals surface area contributed by atoms with Crippen molar-refractivity contribution in [3.63, 3.8) is 0 Å². The van der Waals surface area contributed by atoms with Crippen molar-refractivity contribution in [1.29, 1.82) is 0 Å². The Balaban J connectivity index is 1.91. The highest BCUT2D eigenvalue weighted by Gasteiger charge is 2.09. The van der Waals surface area contributed by atoms with E-state index in [4.69, 9.17) is 0 Å². The molecule has 0 spiro atoms. The second-order valence-corrected chi connectivity index (χ2v) is 4.73. The lowest BCUT2D eigenvalue weighted by molar-refractivity contribution is 0.896. The van der Waals surface area contributed by atoms with Crippen LogP contribution in [0.5, 0.6) is 0 Å². The molecule has 4 nitrogen and oxygen atoms in total. The van der Waals surface area contributed by atoms with E-state index in [0.717, 1.165) is 22.3 Å². The van der Waals surface area contributed by atoms with E-state index in [1.807, 2.05) is 71.5 Å². The molecule has 2 aromatic carbocycles. The molecule has 0 radical (unpaired) electrons. The molecule has 100 valence electrons. The molecule has 2 aromatic heterocycles. The molecule has 0 saturated carbocycles. The van der Waals surface area contributed by atoms with Crippen LogP contribution in [-0.4, -0.2) is 19.7 Å². The van der Waals surface area contributed by atoms with Gasteiger partial charge in [-0.15, -0.1) is 0 Å². The quantitative estimate of drug-likeness (QED) is 0.561. The first-order valence-electron chi connectivity index (χ1n) is 6.73. The molecule has 0 aliphatic heterocycles. The van der Waals surface area contributed by atoms with Crippen molar-refractivity contribution in [2.45, 2.75) is 0 Å². The van der Waals surface area contributed by atoms with Gasteiger partial charge < -0.3 is 0 Å². The van der Waals surface area contributed by atoms with Crippen LogP contribution in [0.25, 0.3) is 28.1 Å². The summed E-state index contributed by atoms with van der Waals surface area (Å²) in [5, 5.41) is 5.34. The van der Waals surface area contributed by atoms with Crippen LogP contribution in [-0.2, 0) is 0 Å². The standard InChI is InChI=1S/C17H12N4/c1-3-7-13(8-4-1)16-18-11-14-12-19-21(17(14)20-16)15-9-5-2-6-10-15/h1-12H. The van der Waals surface area contributed by atoms with Gasteiger partial charge in [-0.25, -0.2) is 14.6 Å². The van der Waals surface area contributed by atoms with Gasteiger partial charge >= 0.3 is 0 Å². The first-order chi connectivity index (χ1) is 10.4. The number of aromatic nitrogens is 4. The lowest BCUT2D eigenvalue weighted by atomic mass is 10.2. The van der Waals surface area contributed by atoms with E-state index in [-0.39, 0.29) is 0 Å². The molecule has 0 aliphatic carbocycles. The summed E-state index contributed by atoms with van der Waals surface area (Å²) in [7, 11) is 0. The number of hydrogen-bond donors (Lipinski definition) is 0. The van der Waals surface area contributed by atoms with Crippen molar-refractivity contribution in [2.24, 2.45) is 0 Å². The SMILES string of the molecule is c1ccc(-c2ncc3cnn(-c4ccccc4)c3n2)cc1. The van der Waals surface area contributed by atoms with Gasteiger partial charge in [0, 0.05) is 11.8 Å². The summed E-state index contributed by atoms with van der Waals surface area (Å²) in [5.74, 6) is 0.709. The third kappa shape index (κ3) is 2.07. The highest BCUT2D eigenvalue weighted by molar-refractivity contribution is 5.77. The number of rotatable bonds is 2. The van der Waals surface area contributed by atoms with Gasteiger partial charge in [0.25, 0.3) is 0 Å². The third-order valence-electron chi connectivity index (χ3n) is 3.34. The van der Waals surface area contributed by atoms with Crippen LogP contribution in [0.4, 0.5) is 0 Å². The molecule has 0 aliphatic rings. The molecular formula is C17H12N4. The topological polar surface area (TPSA) is 43.6 Å². The fourth-order valence-electron chi connectivity index (χ4n) is 2.30. The highest BCUT2D eigenvalue weighted by Crippen LogP contribution is 2.20. The minimum atomic E-state index is 0.709. The molecule has 0 saturated heterocycles. The molecule has 4 heteroatoms. The molecule has 0 amide bonds. The van der Waals surface area contributed by atoms with E-state index >= 15 is 0 Å². The smallest absolute Gasteiger partial charge is 0.166 e. The normalized spacial score (nSPS) is 10.9. The summed E-state index contributed by atoms with van der Waals surface area (Å²) in [6.45, 7) is 0. The van der Waals surface area contributed by atoms with Crippen molar-refractivity contribution in [2.75, 3.05) is 0 Å². The molecular weight excluding hydrogens is 260 g/mol. The summed E-state index contributed by atoms with van der Waals surface area (Å²) in [6, 6.07) is 19.9. The third-order valence-corrected chi connectivity index (χ3v) is 3.34. The van der Waals surface area contributed by atoms with Gasteiger partial charge in [0.05, 0.1) is 17.3 Å². The Morgan fingerprint density at radius 3 is 2.24 bits per heavy atom. The van der Waals surface area contributed by atoms with Crippen molar-refractivity contribution >= 4 is 11.0 Å². The van der Waals surface area contributed by atoms with E-state index in [9.17, 15) is 0 Å². The van der Waals surface area contributed by atoms with Gasteiger partial charge in [-0.1, -0.05) is 48.5 Å². The monoisotopic (exact) mass is 272 g/mol. The van der Waals surface area contributed by atoms with Crippen LogP contribution < -0.4 is 0 Å². The first-order valence-corrected chi connectivity index (χ1v) is 6.73. The Morgan fingerprint density at radius 2 is 1.48 bits per heavy atom. The summed E-state index contributed by atoms with van der Waals surface area (Å²) < 4.78 is 1.84.